The molecule has 0 heterocycles. The average Bonchev–Trinajstić information content (AvgIpc) is 2.55. The standard InChI is InChI=1S/C20H24FNO2/c1-14(13-20(2,3)16-8-6-5-7-9-16)22-19(23)15-10-11-18(24-4)17(21)12-15/h5-12,14H,13H2,1-4H3,(H,22,23)/t14-/m1/s1. The van der Waals surface area contributed by atoms with Crippen molar-refractivity contribution >= 4 is 5.91 Å². The van der Waals surface area contributed by atoms with Gasteiger partial charge in [-0.05, 0) is 42.5 Å². The highest BCUT2D eigenvalue weighted by Crippen LogP contribution is 2.28. The summed E-state index contributed by atoms with van der Waals surface area (Å²) < 4.78 is 18.6. The van der Waals surface area contributed by atoms with Crippen LogP contribution in [0.4, 0.5) is 4.39 Å². The van der Waals surface area contributed by atoms with Gasteiger partial charge >= 0.3 is 0 Å². The van der Waals surface area contributed by atoms with E-state index in [-0.39, 0.29) is 28.7 Å². The predicted octanol–water partition coefficient (Wildman–Crippen LogP) is 4.32. The van der Waals surface area contributed by atoms with Crippen LogP contribution in [-0.4, -0.2) is 19.1 Å². The van der Waals surface area contributed by atoms with Gasteiger partial charge < -0.3 is 10.1 Å². The number of benzene rings is 2. The second-order valence-corrected chi connectivity index (χ2v) is 6.68. The van der Waals surface area contributed by atoms with Crippen LogP contribution in [0.1, 0.15) is 43.1 Å². The summed E-state index contributed by atoms with van der Waals surface area (Å²) in [6.45, 7) is 6.26. The summed E-state index contributed by atoms with van der Waals surface area (Å²) in [5, 5.41) is 2.94. The van der Waals surface area contributed by atoms with E-state index in [4.69, 9.17) is 4.74 Å². The molecule has 2 aromatic rings. The maximum atomic E-state index is 13.7. The molecule has 0 aliphatic rings. The lowest BCUT2D eigenvalue weighted by Crippen LogP contribution is -2.37. The van der Waals surface area contributed by atoms with Gasteiger partial charge in [-0.25, -0.2) is 4.39 Å². The quantitative estimate of drug-likeness (QED) is 0.857. The van der Waals surface area contributed by atoms with E-state index in [0.29, 0.717) is 0 Å². The first kappa shape index (κ1) is 18.0. The van der Waals surface area contributed by atoms with Crippen LogP contribution in [0.25, 0.3) is 0 Å². The van der Waals surface area contributed by atoms with Crippen LogP contribution in [0.5, 0.6) is 5.75 Å². The van der Waals surface area contributed by atoms with E-state index in [1.54, 1.807) is 6.07 Å². The lowest BCUT2D eigenvalue weighted by Gasteiger charge is -2.29. The zero-order valence-corrected chi connectivity index (χ0v) is 14.6. The van der Waals surface area contributed by atoms with E-state index in [1.807, 2.05) is 25.1 Å². The van der Waals surface area contributed by atoms with Crippen molar-refractivity contribution < 1.29 is 13.9 Å². The maximum absolute atomic E-state index is 13.7. The molecular formula is C20H24FNO2. The highest BCUT2D eigenvalue weighted by Gasteiger charge is 2.24. The number of ether oxygens (including phenoxy) is 1. The van der Waals surface area contributed by atoms with Gasteiger partial charge in [0.05, 0.1) is 7.11 Å². The maximum Gasteiger partial charge on any atom is 0.251 e. The molecule has 0 bridgehead atoms. The summed E-state index contributed by atoms with van der Waals surface area (Å²) in [5.74, 6) is -0.694. The monoisotopic (exact) mass is 329 g/mol. The molecule has 0 saturated heterocycles. The van der Waals surface area contributed by atoms with Gasteiger partial charge in [-0.2, -0.15) is 0 Å². The Kier molecular flexibility index (Phi) is 5.60. The summed E-state index contributed by atoms with van der Waals surface area (Å²) in [6, 6.07) is 14.4. The zero-order chi connectivity index (χ0) is 17.7. The number of carbonyl (C=O) groups excluding carboxylic acids is 1. The van der Waals surface area contributed by atoms with Gasteiger partial charge in [0.2, 0.25) is 0 Å². The number of amides is 1. The van der Waals surface area contributed by atoms with Crippen molar-refractivity contribution in [3.05, 3.63) is 65.5 Å². The Labute approximate surface area is 142 Å². The van der Waals surface area contributed by atoms with Crippen molar-refractivity contribution in [2.45, 2.75) is 38.6 Å². The number of hydrogen-bond donors (Lipinski definition) is 1. The highest BCUT2D eigenvalue weighted by molar-refractivity contribution is 5.94. The number of hydrogen-bond acceptors (Lipinski definition) is 2. The van der Waals surface area contributed by atoms with Gasteiger partial charge in [-0.1, -0.05) is 44.2 Å². The highest BCUT2D eigenvalue weighted by atomic mass is 19.1. The minimum atomic E-state index is -0.539. The van der Waals surface area contributed by atoms with Crippen LogP contribution in [-0.2, 0) is 5.41 Å². The van der Waals surface area contributed by atoms with Crippen molar-refractivity contribution in [2.24, 2.45) is 0 Å². The number of halogens is 1. The third-order valence-electron chi connectivity index (χ3n) is 4.16. The first-order valence-electron chi connectivity index (χ1n) is 8.03. The zero-order valence-electron chi connectivity index (χ0n) is 14.6. The van der Waals surface area contributed by atoms with Crippen molar-refractivity contribution in [1.82, 2.24) is 5.32 Å². The molecule has 0 unspecified atom stereocenters. The largest absolute Gasteiger partial charge is 0.494 e. The van der Waals surface area contributed by atoms with Gasteiger partial charge in [-0.15, -0.1) is 0 Å². The van der Waals surface area contributed by atoms with Crippen LogP contribution >= 0.6 is 0 Å². The molecule has 1 N–H and O–H groups in total. The molecule has 0 aliphatic carbocycles. The van der Waals surface area contributed by atoms with E-state index >= 15 is 0 Å². The molecule has 0 aliphatic heterocycles. The Hall–Kier alpha value is -2.36. The Bertz CT molecular complexity index is 698. The molecule has 2 aromatic carbocycles. The molecule has 0 saturated carbocycles. The number of methoxy groups -OCH3 is 1. The number of rotatable bonds is 6. The van der Waals surface area contributed by atoms with E-state index in [0.717, 1.165) is 6.42 Å². The van der Waals surface area contributed by atoms with Gasteiger partial charge in [-0.3, -0.25) is 4.79 Å². The second-order valence-electron chi connectivity index (χ2n) is 6.68. The molecule has 1 amide bonds. The summed E-state index contributed by atoms with van der Waals surface area (Å²) in [5.41, 5.74) is 1.44. The van der Waals surface area contributed by atoms with Gasteiger partial charge in [0.1, 0.15) is 0 Å². The fourth-order valence-corrected chi connectivity index (χ4v) is 2.94. The second kappa shape index (κ2) is 7.47. The van der Waals surface area contributed by atoms with Crippen molar-refractivity contribution in [2.75, 3.05) is 7.11 Å². The summed E-state index contributed by atoms with van der Waals surface area (Å²) in [6.07, 6.45) is 0.779. The SMILES string of the molecule is COc1ccc(C(=O)N[C@H](C)CC(C)(C)c2ccccc2)cc1F. The molecule has 0 aromatic heterocycles. The van der Waals surface area contributed by atoms with Crippen LogP contribution in [0.3, 0.4) is 0 Å². The number of nitrogens with one attached hydrogen (secondary N) is 1. The molecule has 4 heteroatoms. The minimum Gasteiger partial charge on any atom is -0.494 e. The topological polar surface area (TPSA) is 38.3 Å². The molecule has 24 heavy (non-hydrogen) atoms. The lowest BCUT2D eigenvalue weighted by atomic mass is 9.79. The number of carbonyl (C=O) groups is 1. The van der Waals surface area contributed by atoms with Crippen LogP contribution in [0.2, 0.25) is 0 Å². The van der Waals surface area contributed by atoms with E-state index < -0.39 is 5.82 Å². The summed E-state index contributed by atoms with van der Waals surface area (Å²) in [7, 11) is 1.39. The molecular weight excluding hydrogens is 305 g/mol. The Balaban J connectivity index is 2.02. The average molecular weight is 329 g/mol. The van der Waals surface area contributed by atoms with Gasteiger partial charge in [0.25, 0.3) is 5.91 Å². The third-order valence-corrected chi connectivity index (χ3v) is 4.16. The minimum absolute atomic E-state index is 0.0436. The van der Waals surface area contributed by atoms with Crippen LogP contribution in [0.15, 0.2) is 48.5 Å². The predicted molar refractivity (Wildman–Crippen MR) is 94.0 cm³/mol. The Morgan fingerprint density at radius 3 is 2.46 bits per heavy atom. The van der Waals surface area contributed by atoms with Crippen molar-refractivity contribution in [3.63, 3.8) is 0 Å². The van der Waals surface area contributed by atoms with Crippen LogP contribution < -0.4 is 10.1 Å². The summed E-state index contributed by atoms with van der Waals surface area (Å²) >= 11 is 0. The smallest absolute Gasteiger partial charge is 0.251 e. The van der Waals surface area contributed by atoms with E-state index in [9.17, 15) is 9.18 Å². The molecule has 2 rings (SSSR count). The summed E-state index contributed by atoms with van der Waals surface area (Å²) in [4.78, 5) is 12.3. The van der Waals surface area contributed by atoms with Gasteiger partial charge in [0, 0.05) is 11.6 Å². The Morgan fingerprint density at radius 1 is 1.21 bits per heavy atom. The fourth-order valence-electron chi connectivity index (χ4n) is 2.94. The van der Waals surface area contributed by atoms with E-state index in [1.165, 1.54) is 24.8 Å². The fraction of sp³-hybridized carbons (Fsp3) is 0.350. The molecule has 0 radical (unpaired) electrons. The van der Waals surface area contributed by atoms with Crippen molar-refractivity contribution in [3.8, 4) is 5.75 Å². The Morgan fingerprint density at radius 2 is 1.88 bits per heavy atom. The molecule has 0 spiro atoms. The normalized spacial score (nSPS) is 12.5. The van der Waals surface area contributed by atoms with E-state index in [2.05, 4.69) is 31.3 Å². The third kappa shape index (κ3) is 4.34. The molecule has 0 fully saturated rings. The van der Waals surface area contributed by atoms with Gasteiger partial charge in [0.15, 0.2) is 11.6 Å². The molecule has 1 atom stereocenters. The molecule has 3 nitrogen and oxygen atoms in total. The first-order chi connectivity index (χ1) is 11.3. The van der Waals surface area contributed by atoms with Crippen molar-refractivity contribution in [1.29, 1.82) is 0 Å². The lowest BCUT2D eigenvalue weighted by molar-refractivity contribution is 0.0934. The first-order valence-corrected chi connectivity index (χ1v) is 8.03. The molecule has 128 valence electrons. The van der Waals surface area contributed by atoms with Crippen LogP contribution in [0, 0.1) is 5.82 Å².